The molecule has 0 unspecified atom stereocenters. The smallest absolute Gasteiger partial charge is 0.227 e. The Morgan fingerprint density at radius 3 is 2.48 bits per heavy atom. The normalized spacial score (nSPS) is 10.2. The van der Waals surface area contributed by atoms with Gasteiger partial charge in [-0.15, -0.1) is 0 Å². The molecule has 2 aromatic rings. The summed E-state index contributed by atoms with van der Waals surface area (Å²) >= 11 is 11.7. The number of rotatable bonds is 5. The zero-order valence-electron chi connectivity index (χ0n) is 11.1. The fourth-order valence-electron chi connectivity index (χ4n) is 1.72. The zero-order chi connectivity index (χ0) is 15.2. The molecular formula is C15H14Cl2N2O2. The average molecular weight is 325 g/mol. The molecule has 2 aromatic carbocycles. The van der Waals surface area contributed by atoms with Crippen LogP contribution >= 0.6 is 23.2 Å². The first-order valence-electron chi connectivity index (χ1n) is 6.28. The second-order valence-corrected chi connectivity index (χ2v) is 5.22. The largest absolute Gasteiger partial charge is 0.491 e. The molecule has 6 heteroatoms. The molecule has 0 saturated carbocycles. The van der Waals surface area contributed by atoms with Crippen molar-refractivity contribution in [3.05, 3.63) is 52.5 Å². The van der Waals surface area contributed by atoms with Gasteiger partial charge in [0.1, 0.15) is 5.75 Å². The van der Waals surface area contributed by atoms with Gasteiger partial charge in [0.05, 0.1) is 18.7 Å². The monoisotopic (exact) mass is 324 g/mol. The van der Waals surface area contributed by atoms with Crippen LogP contribution in [0.3, 0.4) is 0 Å². The van der Waals surface area contributed by atoms with Gasteiger partial charge in [-0.05, 0) is 30.3 Å². The number of carbonyl (C=O) groups excluding carboxylic acids is 1. The number of benzene rings is 2. The lowest BCUT2D eigenvalue weighted by molar-refractivity contribution is -0.116. The molecule has 0 spiro atoms. The maximum absolute atomic E-state index is 11.8. The summed E-state index contributed by atoms with van der Waals surface area (Å²) in [6.07, 6.45) is 0.193. The Kier molecular flexibility index (Phi) is 5.31. The van der Waals surface area contributed by atoms with Crippen molar-refractivity contribution in [3.8, 4) is 5.75 Å². The van der Waals surface area contributed by atoms with Crippen LogP contribution in [0, 0.1) is 0 Å². The van der Waals surface area contributed by atoms with Gasteiger partial charge in [0.2, 0.25) is 5.91 Å². The molecule has 0 aliphatic carbocycles. The maximum Gasteiger partial charge on any atom is 0.227 e. The Morgan fingerprint density at radius 1 is 1.14 bits per heavy atom. The van der Waals surface area contributed by atoms with Gasteiger partial charge in [-0.25, -0.2) is 0 Å². The van der Waals surface area contributed by atoms with Crippen LogP contribution in [0.25, 0.3) is 0 Å². The molecule has 0 heterocycles. The van der Waals surface area contributed by atoms with Gasteiger partial charge in [0.25, 0.3) is 0 Å². The number of halogens is 2. The van der Waals surface area contributed by atoms with Crippen LogP contribution in [0.15, 0.2) is 42.5 Å². The quantitative estimate of drug-likeness (QED) is 0.817. The van der Waals surface area contributed by atoms with Gasteiger partial charge in [-0.3, -0.25) is 4.79 Å². The molecule has 21 heavy (non-hydrogen) atoms. The third-order valence-electron chi connectivity index (χ3n) is 2.65. The van der Waals surface area contributed by atoms with Crippen molar-refractivity contribution in [2.24, 2.45) is 0 Å². The van der Waals surface area contributed by atoms with E-state index in [2.05, 4.69) is 5.32 Å². The fraction of sp³-hybridized carbons (Fsp3) is 0.133. The van der Waals surface area contributed by atoms with Crippen molar-refractivity contribution in [1.82, 2.24) is 0 Å². The number of nitrogen functional groups attached to an aromatic ring is 1. The number of nitrogens with one attached hydrogen (secondary N) is 1. The number of nitrogens with two attached hydrogens (primary N) is 1. The van der Waals surface area contributed by atoms with Crippen LogP contribution in [0.1, 0.15) is 6.42 Å². The Labute approximate surface area is 132 Å². The standard InChI is InChI=1S/C15H14Cl2N2O2/c16-10-7-11(17)9-12(8-10)19-15(20)5-6-21-14-4-2-1-3-13(14)18/h1-4,7-9H,5-6,18H2,(H,19,20). The van der Waals surface area contributed by atoms with Gasteiger partial charge in [0, 0.05) is 15.7 Å². The SMILES string of the molecule is Nc1ccccc1OCCC(=O)Nc1cc(Cl)cc(Cl)c1. The Hall–Kier alpha value is -1.91. The van der Waals surface area contributed by atoms with Crippen LogP contribution in [0.5, 0.6) is 5.75 Å². The molecule has 2 rings (SSSR count). The van der Waals surface area contributed by atoms with E-state index in [4.69, 9.17) is 33.7 Å². The summed E-state index contributed by atoms with van der Waals surface area (Å²) < 4.78 is 5.45. The summed E-state index contributed by atoms with van der Waals surface area (Å²) in [6, 6.07) is 12.0. The molecular weight excluding hydrogens is 311 g/mol. The Bertz CT molecular complexity index is 627. The van der Waals surface area contributed by atoms with Crippen molar-refractivity contribution in [2.75, 3.05) is 17.7 Å². The zero-order valence-corrected chi connectivity index (χ0v) is 12.6. The van der Waals surface area contributed by atoms with Crippen molar-refractivity contribution in [1.29, 1.82) is 0 Å². The second-order valence-electron chi connectivity index (χ2n) is 4.34. The summed E-state index contributed by atoms with van der Waals surface area (Å²) in [5, 5.41) is 3.63. The molecule has 0 aliphatic rings. The van der Waals surface area contributed by atoms with Crippen molar-refractivity contribution in [3.63, 3.8) is 0 Å². The fourth-order valence-corrected chi connectivity index (χ4v) is 2.24. The molecule has 3 N–H and O–H groups in total. The first-order valence-corrected chi connectivity index (χ1v) is 7.03. The maximum atomic E-state index is 11.8. The minimum absolute atomic E-state index is 0.192. The first kappa shape index (κ1) is 15.5. The minimum Gasteiger partial charge on any atom is -0.491 e. The lowest BCUT2D eigenvalue weighted by Gasteiger charge is -2.09. The highest BCUT2D eigenvalue weighted by Crippen LogP contribution is 2.23. The molecule has 0 bridgehead atoms. The third kappa shape index (κ3) is 4.85. The van der Waals surface area contributed by atoms with Crippen molar-refractivity contribution >= 4 is 40.5 Å². The lowest BCUT2D eigenvalue weighted by atomic mass is 10.3. The van der Waals surface area contributed by atoms with E-state index in [9.17, 15) is 4.79 Å². The van der Waals surface area contributed by atoms with Crippen LogP contribution in [0.2, 0.25) is 10.0 Å². The van der Waals surface area contributed by atoms with Gasteiger partial charge < -0.3 is 15.8 Å². The van der Waals surface area contributed by atoms with Crippen LogP contribution in [-0.2, 0) is 4.79 Å². The summed E-state index contributed by atoms with van der Waals surface area (Å²) in [7, 11) is 0. The summed E-state index contributed by atoms with van der Waals surface area (Å²) in [4.78, 5) is 11.8. The highest BCUT2D eigenvalue weighted by Gasteiger charge is 2.06. The number of hydrogen-bond donors (Lipinski definition) is 2. The van der Waals surface area contributed by atoms with Gasteiger partial charge in [0.15, 0.2) is 0 Å². The van der Waals surface area contributed by atoms with Crippen LogP contribution in [-0.4, -0.2) is 12.5 Å². The van der Waals surface area contributed by atoms with E-state index < -0.39 is 0 Å². The van der Waals surface area contributed by atoms with Crippen LogP contribution in [0.4, 0.5) is 11.4 Å². The molecule has 110 valence electrons. The number of anilines is 2. The summed E-state index contributed by atoms with van der Waals surface area (Å²) in [5.74, 6) is 0.374. The highest BCUT2D eigenvalue weighted by atomic mass is 35.5. The molecule has 4 nitrogen and oxygen atoms in total. The highest BCUT2D eigenvalue weighted by molar-refractivity contribution is 6.35. The third-order valence-corrected chi connectivity index (χ3v) is 3.09. The van der Waals surface area contributed by atoms with E-state index in [-0.39, 0.29) is 18.9 Å². The topological polar surface area (TPSA) is 64.3 Å². The van der Waals surface area contributed by atoms with Crippen LogP contribution < -0.4 is 15.8 Å². The van der Waals surface area contributed by atoms with E-state index in [1.165, 1.54) is 0 Å². The molecule has 1 amide bonds. The average Bonchev–Trinajstić information content (AvgIpc) is 2.39. The molecule has 0 radical (unpaired) electrons. The van der Waals surface area contributed by atoms with Gasteiger partial charge in [-0.1, -0.05) is 35.3 Å². The molecule has 0 fully saturated rings. The Balaban J connectivity index is 1.84. The lowest BCUT2D eigenvalue weighted by Crippen LogP contribution is -2.15. The number of para-hydroxylation sites is 2. The second kappa shape index (κ2) is 7.20. The van der Waals surface area contributed by atoms with E-state index in [0.29, 0.717) is 27.2 Å². The Morgan fingerprint density at radius 2 is 1.81 bits per heavy atom. The predicted octanol–water partition coefficient (Wildman–Crippen LogP) is 3.98. The predicted molar refractivity (Wildman–Crippen MR) is 86.1 cm³/mol. The number of amides is 1. The summed E-state index contributed by atoms with van der Waals surface area (Å²) in [5.41, 5.74) is 6.83. The van der Waals surface area contributed by atoms with Crippen molar-refractivity contribution in [2.45, 2.75) is 6.42 Å². The molecule has 0 aromatic heterocycles. The number of carbonyl (C=O) groups is 1. The van der Waals surface area contributed by atoms with E-state index in [1.807, 2.05) is 12.1 Å². The first-order chi connectivity index (χ1) is 10.0. The van der Waals surface area contributed by atoms with E-state index >= 15 is 0 Å². The van der Waals surface area contributed by atoms with E-state index in [1.54, 1.807) is 30.3 Å². The number of hydrogen-bond acceptors (Lipinski definition) is 3. The van der Waals surface area contributed by atoms with Gasteiger partial charge in [-0.2, -0.15) is 0 Å². The van der Waals surface area contributed by atoms with Gasteiger partial charge >= 0.3 is 0 Å². The van der Waals surface area contributed by atoms with Crippen molar-refractivity contribution < 1.29 is 9.53 Å². The summed E-state index contributed by atoms with van der Waals surface area (Å²) in [6.45, 7) is 0.231. The molecule has 0 atom stereocenters. The van der Waals surface area contributed by atoms with E-state index in [0.717, 1.165) is 0 Å². The minimum atomic E-state index is -0.192. The molecule has 0 aliphatic heterocycles. The number of ether oxygens (including phenoxy) is 1. The molecule has 0 saturated heterocycles.